The Morgan fingerprint density at radius 3 is 2.75 bits per heavy atom. The van der Waals surface area contributed by atoms with Crippen molar-refractivity contribution in [3.63, 3.8) is 0 Å². The molecule has 2 aromatic carbocycles. The third-order valence-electron chi connectivity index (χ3n) is 5.03. The van der Waals surface area contributed by atoms with Crippen LogP contribution in [0.2, 0.25) is 0 Å². The molecule has 2 heterocycles. The quantitative estimate of drug-likeness (QED) is 0.736. The van der Waals surface area contributed by atoms with Gasteiger partial charge in [0, 0.05) is 18.7 Å². The highest BCUT2D eigenvalue weighted by Gasteiger charge is 2.24. The lowest BCUT2D eigenvalue weighted by Crippen LogP contribution is -2.36. The van der Waals surface area contributed by atoms with Crippen LogP contribution in [-0.2, 0) is 19.5 Å². The smallest absolute Gasteiger partial charge is 0.276 e. The molecule has 0 radical (unpaired) electrons. The van der Waals surface area contributed by atoms with E-state index in [0.29, 0.717) is 24.4 Å². The molecule has 7 heteroatoms. The molecule has 1 atom stereocenters. The van der Waals surface area contributed by atoms with Crippen LogP contribution in [0.5, 0.6) is 5.75 Å². The first-order chi connectivity index (χ1) is 13.7. The zero-order valence-electron chi connectivity index (χ0n) is 15.7. The van der Waals surface area contributed by atoms with Crippen LogP contribution in [0, 0.1) is 0 Å². The summed E-state index contributed by atoms with van der Waals surface area (Å²) in [6, 6.07) is 15.4. The average molecular weight is 378 g/mol. The topological polar surface area (TPSA) is 80.5 Å². The third kappa shape index (κ3) is 3.61. The fourth-order valence-corrected chi connectivity index (χ4v) is 3.53. The van der Waals surface area contributed by atoms with Gasteiger partial charge in [0.1, 0.15) is 11.9 Å². The SMILES string of the molecule is COc1ccccc1[C@H](O)Cn1cc(C(=O)N2CCc3ccccc3C2)nn1. The second-order valence-corrected chi connectivity index (χ2v) is 6.83. The van der Waals surface area contributed by atoms with E-state index < -0.39 is 6.10 Å². The number of para-hydroxylation sites is 1. The first-order valence-corrected chi connectivity index (χ1v) is 9.23. The Morgan fingerprint density at radius 1 is 1.18 bits per heavy atom. The third-order valence-corrected chi connectivity index (χ3v) is 5.03. The van der Waals surface area contributed by atoms with Crippen LogP contribution in [0.25, 0.3) is 0 Å². The highest BCUT2D eigenvalue weighted by atomic mass is 16.5. The van der Waals surface area contributed by atoms with E-state index in [-0.39, 0.29) is 18.1 Å². The maximum Gasteiger partial charge on any atom is 0.276 e. The van der Waals surface area contributed by atoms with Crippen molar-refractivity contribution >= 4 is 5.91 Å². The van der Waals surface area contributed by atoms with Gasteiger partial charge < -0.3 is 14.7 Å². The maximum atomic E-state index is 12.8. The maximum absolute atomic E-state index is 12.8. The van der Waals surface area contributed by atoms with Gasteiger partial charge in [-0.25, -0.2) is 4.68 Å². The second kappa shape index (κ2) is 7.82. The predicted molar refractivity (Wildman–Crippen MR) is 103 cm³/mol. The van der Waals surface area contributed by atoms with E-state index in [0.717, 1.165) is 6.42 Å². The Kier molecular flexibility index (Phi) is 5.08. The summed E-state index contributed by atoms with van der Waals surface area (Å²) in [6.07, 6.45) is 1.60. The van der Waals surface area contributed by atoms with E-state index >= 15 is 0 Å². The van der Waals surface area contributed by atoms with E-state index in [1.807, 2.05) is 24.3 Å². The number of methoxy groups -OCH3 is 1. The van der Waals surface area contributed by atoms with E-state index in [9.17, 15) is 9.90 Å². The second-order valence-electron chi connectivity index (χ2n) is 6.83. The van der Waals surface area contributed by atoms with Crippen molar-refractivity contribution in [2.45, 2.75) is 25.6 Å². The number of hydrogen-bond donors (Lipinski definition) is 1. The van der Waals surface area contributed by atoms with Gasteiger partial charge in [-0.15, -0.1) is 5.10 Å². The number of hydrogen-bond acceptors (Lipinski definition) is 5. The molecule has 0 saturated heterocycles. The molecule has 1 aromatic heterocycles. The van der Waals surface area contributed by atoms with Crippen molar-refractivity contribution in [2.75, 3.05) is 13.7 Å². The molecule has 0 unspecified atom stereocenters. The molecule has 0 fully saturated rings. The van der Waals surface area contributed by atoms with Gasteiger partial charge in [0.05, 0.1) is 19.9 Å². The molecule has 4 rings (SSSR count). The zero-order chi connectivity index (χ0) is 19.5. The van der Waals surface area contributed by atoms with Crippen LogP contribution in [0.15, 0.2) is 54.7 Å². The summed E-state index contributed by atoms with van der Waals surface area (Å²) in [4.78, 5) is 14.6. The van der Waals surface area contributed by atoms with E-state index in [4.69, 9.17) is 4.74 Å². The monoisotopic (exact) mass is 378 g/mol. The Hall–Kier alpha value is -3.19. The number of aromatic nitrogens is 3. The molecule has 144 valence electrons. The van der Waals surface area contributed by atoms with Crippen LogP contribution in [0.3, 0.4) is 0 Å². The summed E-state index contributed by atoms with van der Waals surface area (Å²) < 4.78 is 6.78. The minimum absolute atomic E-state index is 0.146. The van der Waals surface area contributed by atoms with Gasteiger partial charge in [0.2, 0.25) is 0 Å². The lowest BCUT2D eigenvalue weighted by atomic mass is 10.00. The van der Waals surface area contributed by atoms with E-state index in [1.54, 1.807) is 30.3 Å². The predicted octanol–water partition coefficient (Wildman–Crippen LogP) is 2.22. The van der Waals surface area contributed by atoms with Crippen molar-refractivity contribution in [1.29, 1.82) is 0 Å². The number of ether oxygens (including phenoxy) is 1. The van der Waals surface area contributed by atoms with Crippen molar-refractivity contribution in [3.05, 3.63) is 77.1 Å². The van der Waals surface area contributed by atoms with Gasteiger partial charge in [-0.05, 0) is 23.6 Å². The number of aliphatic hydroxyl groups is 1. The summed E-state index contributed by atoms with van der Waals surface area (Å²) in [7, 11) is 1.56. The van der Waals surface area contributed by atoms with E-state index in [2.05, 4.69) is 22.4 Å². The van der Waals surface area contributed by atoms with Crippen molar-refractivity contribution in [3.8, 4) is 5.75 Å². The molecule has 1 amide bonds. The van der Waals surface area contributed by atoms with Crippen molar-refractivity contribution in [2.24, 2.45) is 0 Å². The fraction of sp³-hybridized carbons (Fsp3) is 0.286. The van der Waals surface area contributed by atoms with Gasteiger partial charge in [0.25, 0.3) is 5.91 Å². The van der Waals surface area contributed by atoms with Crippen LogP contribution < -0.4 is 4.74 Å². The van der Waals surface area contributed by atoms with Crippen LogP contribution in [0.1, 0.15) is 33.3 Å². The molecule has 1 aliphatic heterocycles. The standard InChI is InChI=1S/C21H22N4O3/c1-28-20-9-5-4-8-17(20)19(26)14-25-13-18(22-23-25)21(27)24-11-10-15-6-2-3-7-16(15)12-24/h2-9,13,19,26H,10-12,14H2,1H3/t19-/m1/s1. The molecule has 28 heavy (non-hydrogen) atoms. The normalized spacial score (nSPS) is 14.4. The van der Waals surface area contributed by atoms with Gasteiger partial charge in [-0.2, -0.15) is 0 Å². The summed E-state index contributed by atoms with van der Waals surface area (Å²) >= 11 is 0. The molecule has 7 nitrogen and oxygen atoms in total. The Balaban J connectivity index is 1.45. The number of benzene rings is 2. The van der Waals surface area contributed by atoms with Gasteiger partial charge in [-0.3, -0.25) is 4.79 Å². The number of fused-ring (bicyclic) bond motifs is 1. The molecule has 1 N–H and O–H groups in total. The first-order valence-electron chi connectivity index (χ1n) is 9.23. The largest absolute Gasteiger partial charge is 0.496 e. The number of rotatable bonds is 5. The molecule has 0 spiro atoms. The van der Waals surface area contributed by atoms with Gasteiger partial charge >= 0.3 is 0 Å². The molecule has 0 aliphatic carbocycles. The minimum Gasteiger partial charge on any atom is -0.496 e. The first kappa shape index (κ1) is 18.2. The van der Waals surface area contributed by atoms with Crippen molar-refractivity contribution < 1.29 is 14.6 Å². The highest BCUT2D eigenvalue weighted by molar-refractivity contribution is 5.92. The minimum atomic E-state index is -0.817. The number of carbonyl (C=O) groups excluding carboxylic acids is 1. The number of carbonyl (C=O) groups is 1. The molecule has 1 aliphatic rings. The molecular weight excluding hydrogens is 356 g/mol. The van der Waals surface area contributed by atoms with E-state index in [1.165, 1.54) is 15.8 Å². The molecule has 3 aromatic rings. The van der Waals surface area contributed by atoms with Crippen LogP contribution in [-0.4, -0.2) is 44.6 Å². The van der Waals surface area contributed by atoms with Gasteiger partial charge in [0.15, 0.2) is 5.69 Å². The molecule has 0 saturated carbocycles. The Morgan fingerprint density at radius 2 is 1.93 bits per heavy atom. The fourth-order valence-electron chi connectivity index (χ4n) is 3.53. The number of nitrogens with zero attached hydrogens (tertiary/aromatic N) is 4. The number of amides is 1. The lowest BCUT2D eigenvalue weighted by Gasteiger charge is -2.28. The molecular formula is C21H22N4O3. The highest BCUT2D eigenvalue weighted by Crippen LogP contribution is 2.25. The Labute approximate surface area is 163 Å². The summed E-state index contributed by atoms with van der Waals surface area (Å²) in [5, 5.41) is 18.6. The summed E-state index contributed by atoms with van der Waals surface area (Å²) in [5.74, 6) is 0.464. The van der Waals surface area contributed by atoms with Crippen LogP contribution >= 0.6 is 0 Å². The average Bonchev–Trinajstić information content (AvgIpc) is 3.21. The van der Waals surface area contributed by atoms with Gasteiger partial charge in [-0.1, -0.05) is 47.7 Å². The Bertz CT molecular complexity index is 985. The number of aliphatic hydroxyl groups excluding tert-OH is 1. The summed E-state index contributed by atoms with van der Waals surface area (Å²) in [5.41, 5.74) is 3.41. The van der Waals surface area contributed by atoms with Crippen molar-refractivity contribution in [1.82, 2.24) is 19.9 Å². The molecule has 0 bridgehead atoms. The van der Waals surface area contributed by atoms with Crippen LogP contribution in [0.4, 0.5) is 0 Å². The summed E-state index contributed by atoms with van der Waals surface area (Å²) in [6.45, 7) is 1.42. The zero-order valence-corrected chi connectivity index (χ0v) is 15.7. The lowest BCUT2D eigenvalue weighted by molar-refractivity contribution is 0.0728.